The maximum Gasteiger partial charge on any atom is 1.00 e. The molecule has 0 atom stereocenters. The minimum absolute atomic E-state index is 0. The molecule has 42 valence electrons. The molecule has 0 spiro atoms. The van der Waals surface area contributed by atoms with Crippen molar-refractivity contribution in [3.63, 3.8) is 0 Å². The summed E-state index contributed by atoms with van der Waals surface area (Å²) in [5.74, 6) is 0. The van der Waals surface area contributed by atoms with Crippen molar-refractivity contribution >= 4 is 5.69 Å². The Morgan fingerprint density at radius 2 is 1.67 bits per heavy atom. The molecule has 9 heavy (non-hydrogen) atoms. The number of hydrogen-bond acceptors (Lipinski definition) is 0. The zero-order valence-corrected chi connectivity index (χ0v) is 5.83. The van der Waals surface area contributed by atoms with E-state index < -0.39 is 0 Å². The number of nitrogens with zero attached hydrogens (tertiary/aromatic N) is 1. The third-order valence-corrected chi connectivity index (χ3v) is 1.01. The summed E-state index contributed by atoms with van der Waals surface area (Å²) in [5.41, 5.74) is 1.03. The van der Waals surface area contributed by atoms with E-state index in [9.17, 15) is 0 Å². The van der Waals surface area contributed by atoms with Crippen LogP contribution in [0.4, 0.5) is 5.69 Å². The fourth-order valence-corrected chi connectivity index (χ4v) is 0.577. The zero-order chi connectivity index (χ0) is 5.82. The van der Waals surface area contributed by atoms with Crippen molar-refractivity contribution in [1.29, 1.82) is 0 Å². The first-order valence-corrected chi connectivity index (χ1v) is 2.58. The van der Waals surface area contributed by atoms with Crippen LogP contribution in [0.15, 0.2) is 30.3 Å². The maximum absolute atomic E-state index is 3.97. The molecular weight excluding hydrogens is 105 g/mol. The molecule has 0 saturated heterocycles. The van der Waals surface area contributed by atoms with Crippen molar-refractivity contribution in [3.8, 4) is 0 Å². The quantitative estimate of drug-likeness (QED) is 0.429. The fraction of sp³-hybridized carbons (Fsp3) is 0.143. The van der Waals surface area contributed by atoms with Gasteiger partial charge in [0.05, 0.1) is 0 Å². The van der Waals surface area contributed by atoms with Crippen LogP contribution in [-0.2, 0) is 0 Å². The van der Waals surface area contributed by atoms with Crippen LogP contribution in [0.2, 0.25) is 0 Å². The van der Waals surface area contributed by atoms with Crippen LogP contribution < -0.4 is 18.9 Å². The van der Waals surface area contributed by atoms with Gasteiger partial charge in [0.2, 0.25) is 0 Å². The van der Waals surface area contributed by atoms with Crippen LogP contribution in [0.5, 0.6) is 0 Å². The summed E-state index contributed by atoms with van der Waals surface area (Å²) in [6.07, 6.45) is 0. The summed E-state index contributed by atoms with van der Waals surface area (Å²) in [6, 6.07) is 9.87. The van der Waals surface area contributed by atoms with E-state index >= 15 is 0 Å². The van der Waals surface area contributed by atoms with Gasteiger partial charge in [-0.3, -0.25) is 0 Å². The van der Waals surface area contributed by atoms with Gasteiger partial charge in [0.1, 0.15) is 0 Å². The van der Waals surface area contributed by atoms with Gasteiger partial charge in [-0.2, -0.15) is 0 Å². The van der Waals surface area contributed by atoms with E-state index in [-0.39, 0.29) is 18.9 Å². The van der Waals surface area contributed by atoms with E-state index in [4.69, 9.17) is 0 Å². The molecule has 0 unspecified atom stereocenters. The molecule has 0 aliphatic rings. The van der Waals surface area contributed by atoms with E-state index in [2.05, 4.69) is 5.32 Å². The van der Waals surface area contributed by atoms with Gasteiger partial charge in [-0.1, -0.05) is 30.3 Å². The number of benzene rings is 1. The average Bonchev–Trinajstić information content (AvgIpc) is 1.90. The molecule has 0 N–H and O–H groups in total. The summed E-state index contributed by atoms with van der Waals surface area (Å²) < 4.78 is 0. The molecule has 0 bridgehead atoms. The van der Waals surface area contributed by atoms with Gasteiger partial charge in [-0.15, -0.1) is 12.7 Å². The van der Waals surface area contributed by atoms with Crippen molar-refractivity contribution in [3.05, 3.63) is 35.6 Å². The molecule has 2 heteroatoms. The minimum atomic E-state index is 0. The topological polar surface area (TPSA) is 14.1 Å². The van der Waals surface area contributed by atoms with Crippen molar-refractivity contribution in [1.82, 2.24) is 0 Å². The zero-order valence-electron chi connectivity index (χ0n) is 5.83. The molecule has 0 aliphatic carbocycles. The predicted octanol–water partition coefficient (Wildman–Crippen LogP) is -0.674. The molecule has 0 aromatic heterocycles. The molecule has 0 fully saturated rings. The average molecular weight is 113 g/mol. The third kappa shape index (κ3) is 2.60. The van der Waals surface area contributed by atoms with Crippen molar-refractivity contribution < 1.29 is 18.9 Å². The van der Waals surface area contributed by atoms with Gasteiger partial charge in [-0.25, -0.2) is 0 Å². The Kier molecular flexibility index (Phi) is 4.30. The molecule has 0 heterocycles. The summed E-state index contributed by atoms with van der Waals surface area (Å²) in [6.45, 7) is 0. The second-order valence-electron chi connectivity index (χ2n) is 1.56. The molecule has 1 rings (SSSR count). The monoisotopic (exact) mass is 113 g/mol. The molecular formula is C7H8LiN. The largest absolute Gasteiger partial charge is 1.00 e. The SMILES string of the molecule is C[N-]c1ccccc1.[Li+]. The molecule has 1 aromatic rings. The number of rotatable bonds is 1. The first kappa shape index (κ1) is 8.62. The van der Waals surface area contributed by atoms with Crippen LogP contribution in [0.3, 0.4) is 0 Å². The van der Waals surface area contributed by atoms with E-state index in [0.717, 1.165) is 5.69 Å². The van der Waals surface area contributed by atoms with Crippen LogP contribution >= 0.6 is 0 Å². The van der Waals surface area contributed by atoms with Crippen molar-refractivity contribution in [2.75, 3.05) is 7.05 Å². The first-order valence-electron chi connectivity index (χ1n) is 2.58. The normalized spacial score (nSPS) is 7.67. The predicted molar refractivity (Wildman–Crippen MR) is 35.4 cm³/mol. The molecule has 1 nitrogen and oxygen atoms in total. The molecule has 0 radical (unpaired) electrons. The molecule has 0 aliphatic heterocycles. The standard InChI is InChI=1S/C7H8N.Li/c1-8-7-5-3-2-4-6-7;/h2-6H,1H3;/q-1;+1. The van der Waals surface area contributed by atoms with E-state index in [1.54, 1.807) is 7.05 Å². The van der Waals surface area contributed by atoms with E-state index in [0.29, 0.717) is 0 Å². The Bertz CT molecular complexity index is 150. The van der Waals surface area contributed by atoms with Gasteiger partial charge in [-0.05, 0) is 0 Å². The summed E-state index contributed by atoms with van der Waals surface area (Å²) in [5, 5.41) is 3.97. The maximum atomic E-state index is 3.97. The summed E-state index contributed by atoms with van der Waals surface area (Å²) in [4.78, 5) is 0. The molecule has 0 amide bonds. The Morgan fingerprint density at radius 3 is 2.00 bits per heavy atom. The third-order valence-electron chi connectivity index (χ3n) is 1.01. The Morgan fingerprint density at radius 1 is 1.11 bits per heavy atom. The summed E-state index contributed by atoms with van der Waals surface area (Å²) in [7, 11) is 1.79. The van der Waals surface area contributed by atoms with E-state index in [1.807, 2.05) is 30.3 Å². The number of hydrogen-bond donors (Lipinski definition) is 0. The molecule has 1 aromatic carbocycles. The smallest absolute Gasteiger partial charge is 0.687 e. The first-order chi connectivity index (χ1) is 3.93. The fourth-order valence-electron chi connectivity index (χ4n) is 0.577. The Balaban J connectivity index is 0.000000640. The van der Waals surface area contributed by atoms with Gasteiger partial charge >= 0.3 is 18.9 Å². The van der Waals surface area contributed by atoms with Gasteiger partial charge in [0.15, 0.2) is 0 Å². The van der Waals surface area contributed by atoms with Gasteiger partial charge < -0.3 is 5.32 Å². The Labute approximate surface area is 67.6 Å². The van der Waals surface area contributed by atoms with Gasteiger partial charge in [0, 0.05) is 0 Å². The summed E-state index contributed by atoms with van der Waals surface area (Å²) >= 11 is 0. The minimum Gasteiger partial charge on any atom is -0.687 e. The van der Waals surface area contributed by atoms with Crippen molar-refractivity contribution in [2.24, 2.45) is 0 Å². The van der Waals surface area contributed by atoms with Gasteiger partial charge in [0.25, 0.3) is 0 Å². The van der Waals surface area contributed by atoms with Crippen LogP contribution in [0.25, 0.3) is 5.32 Å². The van der Waals surface area contributed by atoms with Crippen LogP contribution in [0, 0.1) is 0 Å². The van der Waals surface area contributed by atoms with Crippen LogP contribution in [-0.4, -0.2) is 7.05 Å². The second-order valence-corrected chi connectivity index (χ2v) is 1.56. The van der Waals surface area contributed by atoms with E-state index in [1.165, 1.54) is 0 Å². The Hall–Kier alpha value is -0.383. The number of para-hydroxylation sites is 1. The van der Waals surface area contributed by atoms with Crippen LogP contribution in [0.1, 0.15) is 0 Å². The molecule has 0 saturated carbocycles. The second kappa shape index (κ2) is 4.49. The van der Waals surface area contributed by atoms with Crippen molar-refractivity contribution in [2.45, 2.75) is 0 Å².